The van der Waals surface area contributed by atoms with Crippen molar-refractivity contribution >= 4 is 5.69 Å². The van der Waals surface area contributed by atoms with Crippen molar-refractivity contribution in [1.29, 1.82) is 0 Å². The average molecular weight is 285 g/mol. The van der Waals surface area contributed by atoms with Gasteiger partial charge in [0.1, 0.15) is 11.5 Å². The molecule has 2 aromatic rings. The third-order valence-corrected chi connectivity index (χ3v) is 3.91. The number of aliphatic hydroxyl groups excluding tert-OH is 1. The van der Waals surface area contributed by atoms with Crippen LogP contribution in [-0.4, -0.2) is 25.4 Å². The molecule has 1 unspecified atom stereocenters. The lowest BCUT2D eigenvalue weighted by Crippen LogP contribution is -2.43. The fourth-order valence-electron chi connectivity index (χ4n) is 2.77. The maximum absolute atomic E-state index is 10.0. The summed E-state index contributed by atoms with van der Waals surface area (Å²) in [6, 6.07) is 15.6. The van der Waals surface area contributed by atoms with Crippen molar-refractivity contribution in [2.45, 2.75) is 12.0 Å². The molecule has 0 amide bonds. The number of nitrogens with one attached hydrogen (secondary N) is 1. The van der Waals surface area contributed by atoms with E-state index in [4.69, 9.17) is 9.47 Å². The van der Waals surface area contributed by atoms with E-state index in [1.807, 2.05) is 48.5 Å². The topological polar surface area (TPSA) is 50.7 Å². The molecule has 0 bridgehead atoms. The third kappa shape index (κ3) is 2.54. The Hall–Kier alpha value is -2.20. The first-order valence-electron chi connectivity index (χ1n) is 7.03. The highest BCUT2D eigenvalue weighted by Crippen LogP contribution is 2.39. The van der Waals surface area contributed by atoms with Gasteiger partial charge in [-0.2, -0.15) is 0 Å². The molecule has 2 aromatic carbocycles. The van der Waals surface area contributed by atoms with Crippen LogP contribution in [0.4, 0.5) is 5.69 Å². The van der Waals surface area contributed by atoms with Gasteiger partial charge in [0.2, 0.25) is 0 Å². The van der Waals surface area contributed by atoms with Crippen LogP contribution in [0, 0.1) is 0 Å². The Morgan fingerprint density at radius 3 is 2.90 bits per heavy atom. The van der Waals surface area contributed by atoms with Gasteiger partial charge in [0, 0.05) is 23.7 Å². The minimum absolute atomic E-state index is 0.00455. The van der Waals surface area contributed by atoms with Crippen LogP contribution in [0.2, 0.25) is 0 Å². The van der Waals surface area contributed by atoms with E-state index in [0.29, 0.717) is 13.0 Å². The Kier molecular flexibility index (Phi) is 3.71. The lowest BCUT2D eigenvalue weighted by Gasteiger charge is -2.39. The summed E-state index contributed by atoms with van der Waals surface area (Å²) in [5.74, 6) is 1.61. The molecule has 21 heavy (non-hydrogen) atoms. The lowest BCUT2D eigenvalue weighted by molar-refractivity contribution is 0.152. The first-order chi connectivity index (χ1) is 10.3. The number of hydrogen-bond donors (Lipinski definition) is 2. The summed E-state index contributed by atoms with van der Waals surface area (Å²) in [4.78, 5) is 0. The molecule has 4 nitrogen and oxygen atoms in total. The molecular weight excluding hydrogens is 266 g/mol. The van der Waals surface area contributed by atoms with E-state index >= 15 is 0 Å². The molecule has 1 aliphatic heterocycles. The van der Waals surface area contributed by atoms with Gasteiger partial charge in [-0.3, -0.25) is 0 Å². The zero-order valence-corrected chi connectivity index (χ0v) is 12.0. The van der Waals surface area contributed by atoms with Gasteiger partial charge in [-0.05, 0) is 18.2 Å². The summed E-state index contributed by atoms with van der Waals surface area (Å²) in [5, 5.41) is 13.5. The summed E-state index contributed by atoms with van der Waals surface area (Å²) in [6.07, 6.45) is 0.706. The highest BCUT2D eigenvalue weighted by molar-refractivity contribution is 5.54. The van der Waals surface area contributed by atoms with Gasteiger partial charge in [-0.1, -0.05) is 24.3 Å². The molecule has 110 valence electrons. The smallest absolute Gasteiger partial charge is 0.124 e. The lowest BCUT2D eigenvalue weighted by atomic mass is 9.85. The number of anilines is 1. The van der Waals surface area contributed by atoms with E-state index < -0.39 is 5.54 Å². The molecule has 0 spiro atoms. The van der Waals surface area contributed by atoms with Crippen LogP contribution in [0.25, 0.3) is 0 Å². The number of ether oxygens (including phenoxy) is 2. The number of hydrogen-bond acceptors (Lipinski definition) is 4. The Morgan fingerprint density at radius 1 is 1.24 bits per heavy atom. The number of fused-ring (bicyclic) bond motifs is 1. The molecule has 4 heteroatoms. The van der Waals surface area contributed by atoms with E-state index in [1.54, 1.807) is 7.11 Å². The SMILES string of the molecule is COc1cccc(NC2(CO)CCOc3ccccc32)c1. The number of benzene rings is 2. The molecule has 0 saturated carbocycles. The zero-order chi connectivity index (χ0) is 14.7. The van der Waals surface area contributed by atoms with Crippen LogP contribution >= 0.6 is 0 Å². The minimum atomic E-state index is -0.527. The van der Waals surface area contributed by atoms with E-state index in [9.17, 15) is 5.11 Å². The van der Waals surface area contributed by atoms with Gasteiger partial charge in [0.05, 0.1) is 25.9 Å². The second-order valence-corrected chi connectivity index (χ2v) is 5.19. The maximum atomic E-state index is 10.0. The summed E-state index contributed by atoms with van der Waals surface area (Å²) in [5.41, 5.74) is 1.38. The predicted octanol–water partition coefficient (Wildman–Crippen LogP) is 2.78. The van der Waals surface area contributed by atoms with Crippen molar-refractivity contribution in [2.24, 2.45) is 0 Å². The fraction of sp³-hybridized carbons (Fsp3) is 0.294. The molecule has 0 saturated heterocycles. The number of para-hydroxylation sites is 1. The fourth-order valence-corrected chi connectivity index (χ4v) is 2.77. The zero-order valence-electron chi connectivity index (χ0n) is 12.0. The molecule has 2 N–H and O–H groups in total. The van der Waals surface area contributed by atoms with Gasteiger partial charge in [0.15, 0.2) is 0 Å². The molecule has 1 heterocycles. The van der Waals surface area contributed by atoms with Crippen molar-refractivity contribution in [3.05, 3.63) is 54.1 Å². The first-order valence-corrected chi connectivity index (χ1v) is 7.03. The number of aliphatic hydroxyl groups is 1. The van der Waals surface area contributed by atoms with Gasteiger partial charge in [-0.25, -0.2) is 0 Å². The summed E-state index contributed by atoms with van der Waals surface area (Å²) < 4.78 is 10.9. The second-order valence-electron chi connectivity index (χ2n) is 5.19. The van der Waals surface area contributed by atoms with Crippen molar-refractivity contribution in [2.75, 3.05) is 25.6 Å². The highest BCUT2D eigenvalue weighted by atomic mass is 16.5. The number of methoxy groups -OCH3 is 1. The van der Waals surface area contributed by atoms with Crippen molar-refractivity contribution < 1.29 is 14.6 Å². The van der Waals surface area contributed by atoms with Crippen molar-refractivity contribution in [3.63, 3.8) is 0 Å². The third-order valence-electron chi connectivity index (χ3n) is 3.91. The average Bonchev–Trinajstić information content (AvgIpc) is 2.55. The summed E-state index contributed by atoms with van der Waals surface area (Å²) in [7, 11) is 1.64. The Labute approximate surface area is 124 Å². The van der Waals surface area contributed by atoms with Crippen LogP contribution in [0.1, 0.15) is 12.0 Å². The van der Waals surface area contributed by atoms with Gasteiger partial charge in [-0.15, -0.1) is 0 Å². The Bertz CT molecular complexity index is 629. The van der Waals surface area contributed by atoms with E-state index in [1.165, 1.54) is 0 Å². The molecule has 1 aliphatic rings. The molecule has 0 fully saturated rings. The molecular formula is C17H19NO3. The van der Waals surface area contributed by atoms with Crippen molar-refractivity contribution in [3.8, 4) is 11.5 Å². The second kappa shape index (κ2) is 5.66. The maximum Gasteiger partial charge on any atom is 0.124 e. The van der Waals surface area contributed by atoms with E-state index in [-0.39, 0.29) is 6.61 Å². The molecule has 0 aliphatic carbocycles. The van der Waals surface area contributed by atoms with Crippen LogP contribution in [0.15, 0.2) is 48.5 Å². The molecule has 0 aromatic heterocycles. The first kappa shape index (κ1) is 13.8. The largest absolute Gasteiger partial charge is 0.497 e. The quantitative estimate of drug-likeness (QED) is 0.907. The van der Waals surface area contributed by atoms with Crippen LogP contribution in [0.3, 0.4) is 0 Å². The molecule has 0 radical (unpaired) electrons. The van der Waals surface area contributed by atoms with Crippen molar-refractivity contribution in [1.82, 2.24) is 0 Å². The summed E-state index contributed by atoms with van der Waals surface area (Å²) in [6.45, 7) is 0.582. The minimum Gasteiger partial charge on any atom is -0.497 e. The van der Waals surface area contributed by atoms with Crippen LogP contribution in [0.5, 0.6) is 11.5 Å². The Morgan fingerprint density at radius 2 is 2.10 bits per heavy atom. The standard InChI is InChI=1S/C17H19NO3/c1-20-14-6-4-5-13(11-14)18-17(12-19)9-10-21-16-8-3-2-7-15(16)17/h2-8,11,18-19H,9-10,12H2,1H3. The van der Waals surface area contributed by atoms with Gasteiger partial charge >= 0.3 is 0 Å². The highest BCUT2D eigenvalue weighted by Gasteiger charge is 2.37. The molecule has 1 atom stereocenters. The van der Waals surface area contributed by atoms with Gasteiger partial charge < -0.3 is 19.9 Å². The van der Waals surface area contributed by atoms with E-state index in [0.717, 1.165) is 22.7 Å². The monoisotopic (exact) mass is 285 g/mol. The summed E-state index contributed by atoms with van der Waals surface area (Å²) >= 11 is 0. The van der Waals surface area contributed by atoms with E-state index in [2.05, 4.69) is 5.32 Å². The van der Waals surface area contributed by atoms with Gasteiger partial charge in [0.25, 0.3) is 0 Å². The predicted molar refractivity (Wildman–Crippen MR) is 81.9 cm³/mol. The van der Waals surface area contributed by atoms with Crippen LogP contribution < -0.4 is 14.8 Å². The Balaban J connectivity index is 1.98. The normalized spacial score (nSPS) is 20.3. The van der Waals surface area contributed by atoms with Crippen LogP contribution in [-0.2, 0) is 5.54 Å². The molecule has 3 rings (SSSR count). The number of rotatable bonds is 4.